The third-order valence-electron chi connectivity index (χ3n) is 3.61. The van der Waals surface area contributed by atoms with Crippen molar-refractivity contribution >= 4 is 0 Å². The molecule has 0 unspecified atom stereocenters. The first-order valence-corrected chi connectivity index (χ1v) is 7.32. The van der Waals surface area contributed by atoms with Crippen molar-refractivity contribution in [3.63, 3.8) is 0 Å². The molecule has 0 fully saturated rings. The minimum Gasteiger partial charge on any atom is -0.390 e. The summed E-state index contributed by atoms with van der Waals surface area (Å²) in [4.78, 5) is 0. The molecule has 0 atom stereocenters. The second-order valence-corrected chi connectivity index (χ2v) is 5.80. The van der Waals surface area contributed by atoms with Crippen molar-refractivity contribution in [1.29, 1.82) is 0 Å². The highest BCUT2D eigenvalue weighted by Crippen LogP contribution is 2.25. The molecule has 1 rings (SSSR count). The lowest BCUT2D eigenvalue weighted by Gasteiger charge is -2.27. The van der Waals surface area contributed by atoms with E-state index in [9.17, 15) is 5.11 Å². The molecule has 0 bridgehead atoms. The first-order valence-electron chi connectivity index (χ1n) is 7.32. The Balaban J connectivity index is 2.74. The zero-order valence-electron chi connectivity index (χ0n) is 12.4. The number of benzene rings is 1. The molecular formula is C17H28O. The van der Waals surface area contributed by atoms with Crippen LogP contribution in [0.5, 0.6) is 0 Å². The van der Waals surface area contributed by atoms with Crippen LogP contribution in [0.25, 0.3) is 0 Å². The maximum atomic E-state index is 10.6. The summed E-state index contributed by atoms with van der Waals surface area (Å²) in [7, 11) is 0. The molecule has 0 aliphatic heterocycles. The molecule has 102 valence electrons. The Morgan fingerprint density at radius 3 is 1.89 bits per heavy atom. The van der Waals surface area contributed by atoms with Gasteiger partial charge in [0.05, 0.1) is 5.60 Å². The van der Waals surface area contributed by atoms with Crippen LogP contribution in [0, 0.1) is 0 Å². The molecular weight excluding hydrogens is 220 g/mol. The predicted octanol–water partition coefficient (Wildman–Crippen LogP) is 4.68. The van der Waals surface area contributed by atoms with E-state index in [2.05, 4.69) is 52.0 Å². The van der Waals surface area contributed by atoms with Crippen LogP contribution in [0.1, 0.15) is 70.4 Å². The summed E-state index contributed by atoms with van der Waals surface area (Å²) in [5, 5.41) is 10.6. The number of hydrogen-bond acceptors (Lipinski definition) is 1. The van der Waals surface area contributed by atoms with Gasteiger partial charge in [-0.1, -0.05) is 64.8 Å². The number of hydrogen-bond donors (Lipinski definition) is 1. The Kier molecular flexibility index (Phi) is 5.87. The van der Waals surface area contributed by atoms with E-state index < -0.39 is 5.60 Å². The van der Waals surface area contributed by atoms with Gasteiger partial charge in [0, 0.05) is 6.42 Å². The Bertz CT molecular complexity index is 331. The van der Waals surface area contributed by atoms with E-state index in [0.29, 0.717) is 5.92 Å². The average molecular weight is 248 g/mol. The maximum Gasteiger partial charge on any atom is 0.0687 e. The largest absolute Gasteiger partial charge is 0.390 e. The van der Waals surface area contributed by atoms with E-state index >= 15 is 0 Å². The first-order chi connectivity index (χ1) is 8.50. The molecule has 0 radical (unpaired) electrons. The molecule has 1 nitrogen and oxygen atoms in total. The van der Waals surface area contributed by atoms with Crippen LogP contribution in [0.3, 0.4) is 0 Å². The van der Waals surface area contributed by atoms with E-state index in [4.69, 9.17) is 0 Å². The summed E-state index contributed by atoms with van der Waals surface area (Å²) in [6.45, 7) is 8.70. The van der Waals surface area contributed by atoms with Gasteiger partial charge in [0.15, 0.2) is 0 Å². The Morgan fingerprint density at radius 2 is 1.50 bits per heavy atom. The van der Waals surface area contributed by atoms with E-state index in [1.54, 1.807) is 0 Å². The van der Waals surface area contributed by atoms with Crippen LogP contribution in [0.4, 0.5) is 0 Å². The second kappa shape index (κ2) is 6.94. The van der Waals surface area contributed by atoms with Gasteiger partial charge < -0.3 is 5.11 Å². The lowest BCUT2D eigenvalue weighted by atomic mass is 9.86. The van der Waals surface area contributed by atoms with E-state index in [1.165, 1.54) is 11.1 Å². The fourth-order valence-corrected chi connectivity index (χ4v) is 2.63. The topological polar surface area (TPSA) is 20.2 Å². The van der Waals surface area contributed by atoms with Crippen LogP contribution in [0.2, 0.25) is 0 Å². The van der Waals surface area contributed by atoms with E-state index in [-0.39, 0.29) is 0 Å². The Morgan fingerprint density at radius 1 is 1.00 bits per heavy atom. The van der Waals surface area contributed by atoms with Crippen LogP contribution >= 0.6 is 0 Å². The van der Waals surface area contributed by atoms with Crippen LogP contribution in [-0.4, -0.2) is 10.7 Å². The normalized spacial score (nSPS) is 12.1. The molecule has 0 aliphatic carbocycles. The van der Waals surface area contributed by atoms with Gasteiger partial charge >= 0.3 is 0 Å². The van der Waals surface area contributed by atoms with Gasteiger partial charge in [-0.15, -0.1) is 0 Å². The highest BCUT2D eigenvalue weighted by molar-refractivity contribution is 5.25. The smallest absolute Gasteiger partial charge is 0.0687 e. The van der Waals surface area contributed by atoms with Crippen molar-refractivity contribution < 1.29 is 5.11 Å². The quantitative estimate of drug-likeness (QED) is 0.742. The summed E-state index contributed by atoms with van der Waals surface area (Å²) < 4.78 is 0. The van der Waals surface area contributed by atoms with Gasteiger partial charge in [0.1, 0.15) is 0 Å². The van der Waals surface area contributed by atoms with E-state index in [1.807, 2.05) is 0 Å². The molecule has 1 heteroatoms. The fraction of sp³-hybridized carbons (Fsp3) is 0.647. The minimum absolute atomic E-state index is 0.511. The summed E-state index contributed by atoms with van der Waals surface area (Å²) in [6, 6.07) is 8.73. The van der Waals surface area contributed by atoms with Crippen LogP contribution in [-0.2, 0) is 6.42 Å². The first kappa shape index (κ1) is 15.2. The summed E-state index contributed by atoms with van der Waals surface area (Å²) in [5.74, 6) is 0.573. The standard InChI is InChI=1S/C17H28O/c1-5-11-17(18,12-6-2)13-15-7-9-16(10-8-15)14(3)4/h7-10,14,18H,5-6,11-13H2,1-4H3. The lowest BCUT2D eigenvalue weighted by molar-refractivity contribution is 0.0216. The zero-order chi connectivity index (χ0) is 13.6. The summed E-state index contributed by atoms with van der Waals surface area (Å²) in [5.41, 5.74) is 2.11. The van der Waals surface area contributed by atoms with Crippen LogP contribution in [0.15, 0.2) is 24.3 Å². The molecule has 0 saturated heterocycles. The van der Waals surface area contributed by atoms with Gasteiger partial charge in [0.25, 0.3) is 0 Å². The Labute approximate surface area is 112 Å². The highest BCUT2D eigenvalue weighted by Gasteiger charge is 2.24. The third-order valence-corrected chi connectivity index (χ3v) is 3.61. The minimum atomic E-state index is -0.511. The zero-order valence-corrected chi connectivity index (χ0v) is 12.4. The fourth-order valence-electron chi connectivity index (χ4n) is 2.63. The molecule has 0 heterocycles. The van der Waals surface area contributed by atoms with Gasteiger partial charge in [-0.2, -0.15) is 0 Å². The second-order valence-electron chi connectivity index (χ2n) is 5.80. The number of rotatable bonds is 7. The van der Waals surface area contributed by atoms with Gasteiger partial charge in [-0.3, -0.25) is 0 Å². The highest BCUT2D eigenvalue weighted by atomic mass is 16.3. The molecule has 0 spiro atoms. The van der Waals surface area contributed by atoms with Crippen molar-refractivity contribution in [2.45, 2.75) is 71.3 Å². The van der Waals surface area contributed by atoms with Gasteiger partial charge in [0.2, 0.25) is 0 Å². The molecule has 0 aliphatic rings. The number of aliphatic hydroxyl groups is 1. The maximum absolute atomic E-state index is 10.6. The predicted molar refractivity (Wildman–Crippen MR) is 79.0 cm³/mol. The summed E-state index contributed by atoms with van der Waals surface area (Å²) in [6.07, 6.45) is 4.66. The van der Waals surface area contributed by atoms with Crippen molar-refractivity contribution in [3.05, 3.63) is 35.4 Å². The van der Waals surface area contributed by atoms with Gasteiger partial charge in [-0.25, -0.2) is 0 Å². The molecule has 0 aromatic heterocycles. The molecule has 0 amide bonds. The molecule has 1 N–H and O–H groups in total. The van der Waals surface area contributed by atoms with Crippen molar-refractivity contribution in [2.24, 2.45) is 0 Å². The summed E-state index contributed by atoms with van der Waals surface area (Å²) >= 11 is 0. The molecule has 1 aromatic carbocycles. The third kappa shape index (κ3) is 4.45. The van der Waals surface area contributed by atoms with Crippen molar-refractivity contribution in [1.82, 2.24) is 0 Å². The Hall–Kier alpha value is -0.820. The van der Waals surface area contributed by atoms with Gasteiger partial charge in [-0.05, 0) is 29.9 Å². The molecule has 0 saturated carbocycles. The molecule has 1 aromatic rings. The van der Waals surface area contributed by atoms with Crippen molar-refractivity contribution in [2.75, 3.05) is 0 Å². The van der Waals surface area contributed by atoms with E-state index in [0.717, 1.165) is 32.1 Å². The SMILES string of the molecule is CCCC(O)(CCC)Cc1ccc(C(C)C)cc1. The average Bonchev–Trinajstić information content (AvgIpc) is 2.30. The molecule has 18 heavy (non-hydrogen) atoms. The van der Waals surface area contributed by atoms with Crippen LogP contribution < -0.4 is 0 Å². The monoisotopic (exact) mass is 248 g/mol. The lowest BCUT2D eigenvalue weighted by Crippen LogP contribution is -2.31. The van der Waals surface area contributed by atoms with Crippen molar-refractivity contribution in [3.8, 4) is 0 Å².